The zero-order chi connectivity index (χ0) is 42.9. The molecule has 2 aliphatic carbocycles. The van der Waals surface area contributed by atoms with Crippen molar-refractivity contribution in [3.05, 3.63) is 259 Å². The molecule has 0 unspecified atom stereocenters. The molecule has 2 aliphatic rings. The molecular weight excluding hydrogens is 791 g/mol. The highest BCUT2D eigenvalue weighted by Gasteiger charge is 2.54. The second-order valence-corrected chi connectivity index (χ2v) is 16.7. The van der Waals surface area contributed by atoms with Crippen LogP contribution in [0.2, 0.25) is 0 Å². The highest BCUT2D eigenvalue weighted by molar-refractivity contribution is 6.06. The number of anilines is 3. The Morgan fingerprint density at radius 3 is 1.35 bits per heavy atom. The zero-order valence-electron chi connectivity index (χ0n) is 35.3. The summed E-state index contributed by atoms with van der Waals surface area (Å²) >= 11 is 0. The van der Waals surface area contributed by atoms with Crippen molar-refractivity contribution in [3.63, 3.8) is 0 Å². The second-order valence-electron chi connectivity index (χ2n) is 16.7. The SMILES string of the molecule is c1ccc(-c2nc(-c3ccccc3)nc(-c3cccc(-n4c5c(c6cc(N(c7ccccc7)c7ccccc7)ccc64)C4(c6ccccc6-c6ccccc64)c4ccccc4-5)c3)n2)cc1. The van der Waals surface area contributed by atoms with Gasteiger partial charge < -0.3 is 9.47 Å². The number of fused-ring (bicyclic) bond motifs is 12. The number of benzene rings is 9. The first-order chi connectivity index (χ1) is 32.3. The second kappa shape index (κ2) is 14.7. The lowest BCUT2D eigenvalue weighted by atomic mass is 9.70. The number of hydrogen-bond acceptors (Lipinski definition) is 4. The topological polar surface area (TPSA) is 46.8 Å². The molecule has 0 radical (unpaired) electrons. The van der Waals surface area contributed by atoms with Crippen LogP contribution >= 0.6 is 0 Å². The third-order valence-electron chi connectivity index (χ3n) is 13.2. The van der Waals surface area contributed by atoms with Crippen molar-refractivity contribution >= 4 is 28.0 Å². The van der Waals surface area contributed by atoms with Crippen molar-refractivity contribution in [1.29, 1.82) is 0 Å². The fraction of sp³-hybridized carbons (Fsp3) is 0.0167. The van der Waals surface area contributed by atoms with Crippen LogP contribution in [0.4, 0.5) is 17.1 Å². The lowest BCUT2D eigenvalue weighted by molar-refractivity contribution is 0.801. The van der Waals surface area contributed by atoms with Gasteiger partial charge in [0.05, 0.1) is 16.6 Å². The molecule has 0 amide bonds. The van der Waals surface area contributed by atoms with E-state index in [0.29, 0.717) is 17.5 Å². The Morgan fingerprint density at radius 1 is 0.354 bits per heavy atom. The van der Waals surface area contributed by atoms with Gasteiger partial charge in [-0.2, -0.15) is 0 Å². The first-order valence-corrected chi connectivity index (χ1v) is 22.1. The number of nitrogens with zero attached hydrogens (tertiary/aromatic N) is 5. The maximum absolute atomic E-state index is 5.15. The summed E-state index contributed by atoms with van der Waals surface area (Å²) < 4.78 is 2.49. The molecule has 1 spiro atoms. The van der Waals surface area contributed by atoms with E-state index in [1.54, 1.807) is 0 Å². The molecule has 2 aromatic heterocycles. The summed E-state index contributed by atoms with van der Waals surface area (Å²) in [7, 11) is 0. The predicted molar refractivity (Wildman–Crippen MR) is 264 cm³/mol. The van der Waals surface area contributed by atoms with Crippen LogP contribution in [-0.2, 0) is 5.41 Å². The van der Waals surface area contributed by atoms with Crippen molar-refractivity contribution in [3.8, 4) is 62.2 Å². The molecule has 13 rings (SSSR count). The van der Waals surface area contributed by atoms with Crippen LogP contribution in [0.1, 0.15) is 22.3 Å². The summed E-state index contributed by atoms with van der Waals surface area (Å²) in [6, 6.07) is 84.5. The monoisotopic (exact) mass is 829 g/mol. The number of rotatable bonds is 7. The Bertz CT molecular complexity index is 3460. The molecule has 0 saturated carbocycles. The molecule has 5 heteroatoms. The summed E-state index contributed by atoms with van der Waals surface area (Å²) in [5.74, 6) is 1.89. The molecule has 0 aliphatic heterocycles. The standard InChI is InChI=1S/C60H39N5/c1-5-20-40(21-6-1)57-61-58(41-22-7-2-8-23-41)63-59(62-57)42-24-19-29-45(38-42)65-54-37-36-46(64(43-25-9-3-10-26-43)44-27-11-4-12-28-44)39-50(54)55-56(65)49-32-15-18-35-53(49)60(55)51-33-16-13-30-47(51)48-31-14-17-34-52(48)60/h1-39H. The van der Waals surface area contributed by atoms with Gasteiger partial charge in [0.15, 0.2) is 17.5 Å². The van der Waals surface area contributed by atoms with Gasteiger partial charge >= 0.3 is 0 Å². The molecule has 2 heterocycles. The third-order valence-corrected chi connectivity index (χ3v) is 13.2. The van der Waals surface area contributed by atoms with Crippen molar-refractivity contribution in [2.75, 3.05) is 4.90 Å². The van der Waals surface area contributed by atoms with E-state index in [0.717, 1.165) is 45.0 Å². The quantitative estimate of drug-likeness (QED) is 0.161. The van der Waals surface area contributed by atoms with Gasteiger partial charge in [0, 0.05) is 56.0 Å². The summed E-state index contributed by atoms with van der Waals surface area (Å²) in [5, 5.41) is 1.19. The highest BCUT2D eigenvalue weighted by atomic mass is 15.1. The van der Waals surface area contributed by atoms with Gasteiger partial charge in [0.2, 0.25) is 0 Å². The van der Waals surface area contributed by atoms with Gasteiger partial charge in [-0.25, -0.2) is 15.0 Å². The Hall–Kier alpha value is -8.67. The third kappa shape index (κ3) is 5.62. The van der Waals surface area contributed by atoms with Crippen LogP contribution in [0.3, 0.4) is 0 Å². The molecule has 0 fully saturated rings. The lowest BCUT2D eigenvalue weighted by Gasteiger charge is -2.30. The first-order valence-electron chi connectivity index (χ1n) is 22.1. The molecule has 0 saturated heterocycles. The Kier molecular flexibility index (Phi) is 8.36. The van der Waals surface area contributed by atoms with E-state index in [1.165, 1.54) is 50.0 Å². The van der Waals surface area contributed by atoms with Crippen LogP contribution in [0.15, 0.2) is 237 Å². The average molecular weight is 830 g/mol. The summed E-state index contributed by atoms with van der Waals surface area (Å²) in [5.41, 5.74) is 17.8. The van der Waals surface area contributed by atoms with E-state index in [4.69, 9.17) is 15.0 Å². The van der Waals surface area contributed by atoms with Crippen LogP contribution in [0, 0.1) is 0 Å². The smallest absolute Gasteiger partial charge is 0.164 e. The fourth-order valence-corrected chi connectivity index (χ4v) is 10.6. The molecule has 65 heavy (non-hydrogen) atoms. The van der Waals surface area contributed by atoms with Crippen molar-refractivity contribution in [2.45, 2.75) is 5.41 Å². The van der Waals surface area contributed by atoms with E-state index < -0.39 is 5.41 Å². The summed E-state index contributed by atoms with van der Waals surface area (Å²) in [6.07, 6.45) is 0. The maximum atomic E-state index is 5.15. The molecule has 0 N–H and O–H groups in total. The largest absolute Gasteiger partial charge is 0.310 e. The normalized spacial score (nSPS) is 12.7. The molecule has 0 bridgehead atoms. The van der Waals surface area contributed by atoms with Gasteiger partial charge in [-0.1, -0.05) is 182 Å². The minimum atomic E-state index is -0.563. The van der Waals surface area contributed by atoms with Crippen LogP contribution in [-0.4, -0.2) is 19.5 Å². The molecular formula is C60H39N5. The van der Waals surface area contributed by atoms with E-state index in [2.05, 4.69) is 210 Å². The number of para-hydroxylation sites is 2. The zero-order valence-corrected chi connectivity index (χ0v) is 35.3. The molecule has 5 nitrogen and oxygen atoms in total. The van der Waals surface area contributed by atoms with E-state index in [9.17, 15) is 0 Å². The van der Waals surface area contributed by atoms with Gasteiger partial charge in [-0.05, 0) is 82.4 Å². The minimum Gasteiger partial charge on any atom is -0.310 e. The lowest BCUT2D eigenvalue weighted by Crippen LogP contribution is -2.25. The Morgan fingerprint density at radius 2 is 0.800 bits per heavy atom. The average Bonchev–Trinajstić information content (AvgIpc) is 3.99. The Labute approximate surface area is 377 Å². The molecule has 304 valence electrons. The van der Waals surface area contributed by atoms with Crippen LogP contribution in [0.5, 0.6) is 0 Å². The number of aromatic nitrogens is 4. The molecule has 0 atom stereocenters. The number of hydrogen-bond donors (Lipinski definition) is 0. The predicted octanol–water partition coefficient (Wildman–Crippen LogP) is 14.6. The summed E-state index contributed by atoms with van der Waals surface area (Å²) in [4.78, 5) is 17.7. The van der Waals surface area contributed by atoms with Crippen LogP contribution < -0.4 is 4.90 Å². The van der Waals surface area contributed by atoms with Crippen molar-refractivity contribution in [2.24, 2.45) is 0 Å². The fourth-order valence-electron chi connectivity index (χ4n) is 10.6. The molecule has 9 aromatic carbocycles. The first kappa shape index (κ1) is 36.9. The van der Waals surface area contributed by atoms with Gasteiger partial charge in [0.25, 0.3) is 0 Å². The van der Waals surface area contributed by atoms with E-state index >= 15 is 0 Å². The Balaban J connectivity index is 1.11. The van der Waals surface area contributed by atoms with Gasteiger partial charge in [-0.15, -0.1) is 0 Å². The van der Waals surface area contributed by atoms with Gasteiger partial charge in [0.1, 0.15) is 0 Å². The summed E-state index contributed by atoms with van der Waals surface area (Å²) in [6.45, 7) is 0. The highest BCUT2D eigenvalue weighted by Crippen LogP contribution is 2.65. The van der Waals surface area contributed by atoms with E-state index in [-0.39, 0.29) is 0 Å². The van der Waals surface area contributed by atoms with Crippen molar-refractivity contribution < 1.29 is 0 Å². The van der Waals surface area contributed by atoms with E-state index in [1.807, 2.05) is 36.4 Å². The maximum Gasteiger partial charge on any atom is 0.164 e. The minimum absolute atomic E-state index is 0.563. The van der Waals surface area contributed by atoms with Crippen LogP contribution in [0.25, 0.3) is 73.1 Å². The van der Waals surface area contributed by atoms with Crippen molar-refractivity contribution in [1.82, 2.24) is 19.5 Å². The van der Waals surface area contributed by atoms with Gasteiger partial charge in [-0.3, -0.25) is 0 Å². The molecule has 11 aromatic rings.